The molecule has 5 heteroatoms. The van der Waals surface area contributed by atoms with Gasteiger partial charge in [-0.3, -0.25) is 4.79 Å². The number of hydrogen-bond donors (Lipinski definition) is 2. The lowest BCUT2D eigenvalue weighted by atomic mass is 10.1. The average molecular weight is 383 g/mol. The first-order chi connectivity index (χ1) is 12.6. The number of fused-ring (bicyclic) bond motifs is 1. The van der Waals surface area contributed by atoms with Gasteiger partial charge in [-0.25, -0.2) is 0 Å². The Morgan fingerprint density at radius 2 is 1.88 bits per heavy atom. The van der Waals surface area contributed by atoms with E-state index in [0.29, 0.717) is 5.02 Å². The van der Waals surface area contributed by atoms with Crippen LogP contribution < -0.4 is 10.6 Å². The fraction of sp³-hybridized carbons (Fsp3) is 0.190. The summed E-state index contributed by atoms with van der Waals surface area (Å²) in [7, 11) is 0. The van der Waals surface area contributed by atoms with E-state index in [4.69, 9.17) is 11.6 Å². The molecule has 2 heterocycles. The van der Waals surface area contributed by atoms with Crippen LogP contribution in [0, 0.1) is 0 Å². The van der Waals surface area contributed by atoms with Gasteiger partial charge in [0.2, 0.25) is 0 Å². The first kappa shape index (κ1) is 17.3. The van der Waals surface area contributed by atoms with Crippen molar-refractivity contribution >= 4 is 34.5 Å². The Balaban J connectivity index is 1.59. The van der Waals surface area contributed by atoms with Gasteiger partial charge in [-0.2, -0.15) is 0 Å². The minimum Gasteiger partial charge on any atom is -0.321 e. The lowest BCUT2D eigenvalue weighted by Gasteiger charge is -2.06. The highest BCUT2D eigenvalue weighted by molar-refractivity contribution is 7.17. The van der Waals surface area contributed by atoms with Gasteiger partial charge in [-0.05, 0) is 59.0 Å². The van der Waals surface area contributed by atoms with Crippen LogP contribution in [0.25, 0.3) is 10.4 Å². The zero-order valence-electron chi connectivity index (χ0n) is 14.4. The fourth-order valence-corrected chi connectivity index (χ4v) is 4.49. The molecule has 0 spiro atoms. The number of aryl methyl sites for hydroxylation is 1. The van der Waals surface area contributed by atoms with Gasteiger partial charge in [-0.15, -0.1) is 11.3 Å². The molecule has 4 rings (SSSR count). The van der Waals surface area contributed by atoms with Crippen LogP contribution in [0.5, 0.6) is 0 Å². The molecule has 26 heavy (non-hydrogen) atoms. The van der Waals surface area contributed by atoms with Gasteiger partial charge in [0.25, 0.3) is 5.91 Å². The summed E-state index contributed by atoms with van der Waals surface area (Å²) in [5.41, 5.74) is 5.68. The van der Waals surface area contributed by atoms with Crippen LogP contribution in [0.2, 0.25) is 5.02 Å². The zero-order valence-corrected chi connectivity index (χ0v) is 16.0. The molecule has 1 amide bonds. The molecule has 0 bridgehead atoms. The van der Waals surface area contributed by atoms with Crippen molar-refractivity contribution in [2.24, 2.45) is 0 Å². The average Bonchev–Trinajstić information content (AvgIpc) is 3.28. The second-order valence-electron chi connectivity index (χ2n) is 6.37. The summed E-state index contributed by atoms with van der Waals surface area (Å²) in [4.78, 5) is 14.6. The molecule has 1 aromatic heterocycles. The Labute approximate surface area is 162 Å². The summed E-state index contributed by atoms with van der Waals surface area (Å²) >= 11 is 7.52. The summed E-state index contributed by atoms with van der Waals surface area (Å²) in [5, 5.41) is 7.07. The molecule has 1 aliphatic rings. The number of carbonyl (C=O) groups excluding carboxylic acids is 1. The highest BCUT2D eigenvalue weighted by atomic mass is 35.5. The summed E-state index contributed by atoms with van der Waals surface area (Å²) in [6.07, 6.45) is 0.881. The van der Waals surface area contributed by atoms with Gasteiger partial charge >= 0.3 is 0 Å². The van der Waals surface area contributed by atoms with Crippen molar-refractivity contribution in [3.05, 3.63) is 75.1 Å². The number of halogens is 1. The number of rotatable bonds is 4. The van der Waals surface area contributed by atoms with Crippen molar-refractivity contribution in [3.8, 4) is 10.4 Å². The van der Waals surface area contributed by atoms with Crippen molar-refractivity contribution in [2.75, 3.05) is 5.32 Å². The monoisotopic (exact) mass is 382 g/mol. The van der Waals surface area contributed by atoms with Crippen LogP contribution in [0.3, 0.4) is 0 Å². The van der Waals surface area contributed by atoms with Crippen LogP contribution in [-0.2, 0) is 19.5 Å². The number of anilines is 1. The second-order valence-corrected chi connectivity index (χ2v) is 7.86. The Hall–Kier alpha value is -2.14. The van der Waals surface area contributed by atoms with Crippen LogP contribution in [0.15, 0.2) is 48.5 Å². The van der Waals surface area contributed by atoms with Gasteiger partial charge in [0.1, 0.15) is 0 Å². The number of nitrogens with one attached hydrogen (secondary N) is 2. The maximum Gasteiger partial charge on any atom is 0.265 e. The first-order valence-corrected chi connectivity index (χ1v) is 9.86. The third kappa shape index (κ3) is 3.40. The number of hydrogen-bond acceptors (Lipinski definition) is 3. The molecule has 2 N–H and O–H groups in total. The van der Waals surface area contributed by atoms with Crippen molar-refractivity contribution < 1.29 is 4.79 Å². The van der Waals surface area contributed by atoms with E-state index < -0.39 is 0 Å². The Kier molecular flexibility index (Phi) is 4.81. The minimum absolute atomic E-state index is 0.0594. The second kappa shape index (κ2) is 7.23. The largest absolute Gasteiger partial charge is 0.321 e. The Morgan fingerprint density at radius 1 is 1.12 bits per heavy atom. The topological polar surface area (TPSA) is 41.1 Å². The van der Waals surface area contributed by atoms with Gasteiger partial charge in [0.15, 0.2) is 0 Å². The smallest absolute Gasteiger partial charge is 0.265 e. The van der Waals surface area contributed by atoms with E-state index in [2.05, 4.69) is 29.7 Å². The molecule has 0 saturated carbocycles. The van der Waals surface area contributed by atoms with Gasteiger partial charge < -0.3 is 10.6 Å². The summed E-state index contributed by atoms with van der Waals surface area (Å²) in [6, 6.07) is 15.9. The van der Waals surface area contributed by atoms with Crippen molar-refractivity contribution in [1.29, 1.82) is 0 Å². The molecule has 0 fully saturated rings. The molecule has 3 aromatic rings. The third-order valence-electron chi connectivity index (χ3n) is 4.62. The predicted octanol–water partition coefficient (Wildman–Crippen LogP) is 5.49. The standard InChI is InChI=1S/C21H19ClN2OS/c1-2-13-10-19(26-20(13)14-3-6-17(22)7-4-14)21(25)24-18-8-5-15-11-23-12-16(15)9-18/h3-10,23H,2,11-12H2,1H3,(H,24,25). The predicted molar refractivity (Wildman–Crippen MR) is 109 cm³/mol. The molecule has 0 radical (unpaired) electrons. The van der Waals surface area contributed by atoms with Gasteiger partial charge in [0, 0.05) is 28.7 Å². The van der Waals surface area contributed by atoms with Gasteiger partial charge in [-0.1, -0.05) is 36.7 Å². The molecular weight excluding hydrogens is 364 g/mol. The number of benzene rings is 2. The van der Waals surface area contributed by atoms with Crippen LogP contribution >= 0.6 is 22.9 Å². The van der Waals surface area contributed by atoms with Crippen LogP contribution in [0.1, 0.15) is 33.3 Å². The highest BCUT2D eigenvalue weighted by Gasteiger charge is 2.16. The fourth-order valence-electron chi connectivity index (χ4n) is 3.21. The lowest BCUT2D eigenvalue weighted by molar-refractivity contribution is 0.103. The molecule has 1 aliphatic heterocycles. The van der Waals surface area contributed by atoms with Crippen molar-refractivity contribution in [3.63, 3.8) is 0 Å². The molecule has 3 nitrogen and oxygen atoms in total. The van der Waals surface area contributed by atoms with Gasteiger partial charge in [0.05, 0.1) is 4.88 Å². The van der Waals surface area contributed by atoms with E-state index in [1.165, 1.54) is 28.0 Å². The van der Waals surface area contributed by atoms with E-state index in [-0.39, 0.29) is 5.91 Å². The number of carbonyl (C=O) groups is 1. The maximum atomic E-state index is 12.7. The zero-order chi connectivity index (χ0) is 18.1. The molecule has 0 atom stereocenters. The molecule has 0 aliphatic carbocycles. The van der Waals surface area contributed by atoms with E-state index in [9.17, 15) is 4.79 Å². The lowest BCUT2D eigenvalue weighted by Crippen LogP contribution is -2.10. The Bertz CT molecular complexity index is 963. The van der Waals surface area contributed by atoms with E-state index in [1.54, 1.807) is 0 Å². The normalized spacial score (nSPS) is 12.8. The maximum absolute atomic E-state index is 12.7. The first-order valence-electron chi connectivity index (χ1n) is 8.66. The summed E-state index contributed by atoms with van der Waals surface area (Å²) < 4.78 is 0. The van der Waals surface area contributed by atoms with Crippen LogP contribution in [0.4, 0.5) is 5.69 Å². The van der Waals surface area contributed by atoms with Crippen molar-refractivity contribution in [1.82, 2.24) is 5.32 Å². The molecule has 2 aromatic carbocycles. The highest BCUT2D eigenvalue weighted by Crippen LogP contribution is 2.34. The quantitative estimate of drug-likeness (QED) is 0.626. The van der Waals surface area contributed by atoms with Crippen LogP contribution in [-0.4, -0.2) is 5.91 Å². The summed E-state index contributed by atoms with van der Waals surface area (Å²) in [5.74, 6) is -0.0594. The molecule has 0 unspecified atom stereocenters. The van der Waals surface area contributed by atoms with E-state index in [1.807, 2.05) is 36.4 Å². The number of thiophene rings is 1. The summed E-state index contributed by atoms with van der Waals surface area (Å²) in [6.45, 7) is 3.87. The van der Waals surface area contributed by atoms with E-state index >= 15 is 0 Å². The Morgan fingerprint density at radius 3 is 2.65 bits per heavy atom. The molecular formula is C21H19ClN2OS. The van der Waals surface area contributed by atoms with E-state index in [0.717, 1.165) is 40.5 Å². The number of amides is 1. The SMILES string of the molecule is CCc1cc(C(=O)Nc2ccc3c(c2)CNC3)sc1-c1ccc(Cl)cc1. The third-order valence-corrected chi connectivity index (χ3v) is 6.09. The minimum atomic E-state index is -0.0594. The van der Waals surface area contributed by atoms with Crippen molar-refractivity contribution in [2.45, 2.75) is 26.4 Å². The molecule has 132 valence electrons. The molecule has 0 saturated heterocycles.